The van der Waals surface area contributed by atoms with E-state index in [2.05, 4.69) is 6.07 Å². The molecule has 1 rings (SSSR count). The molecular formula is C14H24N2O. The van der Waals surface area contributed by atoms with Crippen molar-refractivity contribution in [3.05, 3.63) is 0 Å². The molecule has 1 fully saturated rings. The van der Waals surface area contributed by atoms with Crippen LogP contribution in [0.4, 0.5) is 0 Å². The first-order chi connectivity index (χ1) is 8.05. The Bertz CT molecular complexity index is 291. The summed E-state index contributed by atoms with van der Waals surface area (Å²) in [6.45, 7) is 5.76. The van der Waals surface area contributed by atoms with Gasteiger partial charge in [0.25, 0.3) is 0 Å². The molecule has 0 aromatic carbocycles. The van der Waals surface area contributed by atoms with Gasteiger partial charge in [0.2, 0.25) is 5.91 Å². The molecule has 0 N–H and O–H groups in total. The van der Waals surface area contributed by atoms with Gasteiger partial charge in [0.15, 0.2) is 0 Å². The van der Waals surface area contributed by atoms with Gasteiger partial charge in [-0.05, 0) is 39.5 Å². The molecule has 0 bridgehead atoms. The normalized spacial score (nSPS) is 17.7. The summed E-state index contributed by atoms with van der Waals surface area (Å²) in [4.78, 5) is 13.7. The summed E-state index contributed by atoms with van der Waals surface area (Å²) >= 11 is 0. The Balaban J connectivity index is 2.21. The van der Waals surface area contributed by atoms with Gasteiger partial charge in [0.1, 0.15) is 0 Å². The molecule has 1 aliphatic rings. The quantitative estimate of drug-likeness (QED) is 0.688. The van der Waals surface area contributed by atoms with E-state index in [1.54, 1.807) is 0 Å². The fraction of sp³-hybridized carbons (Fsp3) is 0.857. The lowest BCUT2D eigenvalue weighted by molar-refractivity contribution is -0.130. The largest absolute Gasteiger partial charge is 0.343 e. The second-order valence-electron chi connectivity index (χ2n) is 5.64. The molecule has 1 amide bonds. The van der Waals surface area contributed by atoms with Crippen LogP contribution < -0.4 is 0 Å². The minimum atomic E-state index is -0.219. The number of nitrogens with zero attached hydrogens (tertiary/aromatic N) is 2. The first-order valence-electron chi connectivity index (χ1n) is 6.74. The zero-order valence-corrected chi connectivity index (χ0v) is 11.2. The maximum atomic E-state index is 11.7. The monoisotopic (exact) mass is 236 g/mol. The van der Waals surface area contributed by atoms with E-state index in [-0.39, 0.29) is 5.41 Å². The van der Waals surface area contributed by atoms with Crippen molar-refractivity contribution in [3.8, 4) is 6.07 Å². The molecule has 0 saturated carbocycles. The predicted octanol–water partition coefficient (Wildman–Crippen LogP) is 3.11. The maximum absolute atomic E-state index is 11.7. The van der Waals surface area contributed by atoms with Crippen molar-refractivity contribution in [2.45, 2.75) is 58.8 Å². The van der Waals surface area contributed by atoms with Gasteiger partial charge in [0.05, 0.1) is 11.5 Å². The van der Waals surface area contributed by atoms with Crippen LogP contribution in [0.5, 0.6) is 0 Å². The van der Waals surface area contributed by atoms with E-state index in [9.17, 15) is 4.79 Å². The first kappa shape index (κ1) is 14.0. The highest BCUT2D eigenvalue weighted by Gasteiger charge is 2.18. The molecule has 0 aliphatic carbocycles. The number of amides is 1. The highest BCUT2D eigenvalue weighted by atomic mass is 16.2. The van der Waals surface area contributed by atoms with Gasteiger partial charge >= 0.3 is 0 Å². The Morgan fingerprint density at radius 1 is 1.29 bits per heavy atom. The maximum Gasteiger partial charge on any atom is 0.222 e. The highest BCUT2D eigenvalue weighted by Crippen LogP contribution is 2.22. The molecule has 0 unspecified atom stereocenters. The van der Waals surface area contributed by atoms with Crippen LogP contribution in [0.1, 0.15) is 58.8 Å². The van der Waals surface area contributed by atoms with Crippen molar-refractivity contribution in [3.63, 3.8) is 0 Å². The number of hydrogen-bond acceptors (Lipinski definition) is 2. The van der Waals surface area contributed by atoms with Gasteiger partial charge < -0.3 is 4.90 Å². The summed E-state index contributed by atoms with van der Waals surface area (Å²) < 4.78 is 0. The van der Waals surface area contributed by atoms with E-state index in [0.29, 0.717) is 5.91 Å². The molecule has 0 aromatic heterocycles. The summed E-state index contributed by atoms with van der Waals surface area (Å²) in [5.74, 6) is 0.321. The fourth-order valence-electron chi connectivity index (χ4n) is 2.20. The lowest BCUT2D eigenvalue weighted by atomic mass is 9.89. The summed E-state index contributed by atoms with van der Waals surface area (Å²) in [5, 5.41) is 8.91. The minimum absolute atomic E-state index is 0.219. The molecular weight excluding hydrogens is 212 g/mol. The average Bonchev–Trinajstić information content (AvgIpc) is 2.50. The van der Waals surface area contributed by atoms with Crippen molar-refractivity contribution >= 4 is 5.91 Å². The van der Waals surface area contributed by atoms with Crippen molar-refractivity contribution in [1.82, 2.24) is 4.90 Å². The third kappa shape index (κ3) is 5.21. The van der Waals surface area contributed by atoms with E-state index in [1.165, 1.54) is 6.42 Å². The molecule has 3 heteroatoms. The Kier molecular flexibility index (Phi) is 5.47. The average molecular weight is 236 g/mol. The third-order valence-corrected chi connectivity index (χ3v) is 3.45. The number of likely N-dealkylation sites (tertiary alicyclic amines) is 1. The summed E-state index contributed by atoms with van der Waals surface area (Å²) in [6, 6.07) is 2.32. The van der Waals surface area contributed by atoms with Crippen LogP contribution >= 0.6 is 0 Å². The summed E-state index contributed by atoms with van der Waals surface area (Å²) in [7, 11) is 0. The van der Waals surface area contributed by atoms with Crippen LogP contribution in [0.15, 0.2) is 0 Å². The third-order valence-electron chi connectivity index (χ3n) is 3.45. The molecule has 0 spiro atoms. The standard InChI is InChI=1S/C14H24N2O/c1-14(2,12-15)9-5-7-11-16-10-6-3-4-8-13(16)17/h3-11H2,1-2H3. The summed E-state index contributed by atoms with van der Waals surface area (Å²) in [6.07, 6.45) is 7.09. The lowest BCUT2D eigenvalue weighted by Crippen LogP contribution is -2.31. The van der Waals surface area contributed by atoms with E-state index >= 15 is 0 Å². The molecule has 0 radical (unpaired) electrons. The topological polar surface area (TPSA) is 44.1 Å². The number of unbranched alkanes of at least 4 members (excludes halogenated alkanes) is 1. The van der Waals surface area contributed by atoms with Gasteiger partial charge in [-0.1, -0.05) is 12.8 Å². The van der Waals surface area contributed by atoms with Crippen LogP contribution in [0.2, 0.25) is 0 Å². The number of nitriles is 1. The van der Waals surface area contributed by atoms with Crippen molar-refractivity contribution in [2.24, 2.45) is 5.41 Å². The Morgan fingerprint density at radius 2 is 2.06 bits per heavy atom. The van der Waals surface area contributed by atoms with Crippen LogP contribution in [0.3, 0.4) is 0 Å². The van der Waals surface area contributed by atoms with Crippen LogP contribution in [-0.4, -0.2) is 23.9 Å². The Morgan fingerprint density at radius 3 is 2.76 bits per heavy atom. The van der Waals surface area contributed by atoms with Gasteiger partial charge in [-0.2, -0.15) is 5.26 Å². The zero-order chi connectivity index (χ0) is 12.7. The molecule has 0 atom stereocenters. The number of rotatable bonds is 5. The van der Waals surface area contributed by atoms with Crippen molar-refractivity contribution in [2.75, 3.05) is 13.1 Å². The molecule has 0 aromatic rings. The molecule has 1 aliphatic heterocycles. The number of hydrogen-bond donors (Lipinski definition) is 0. The zero-order valence-electron chi connectivity index (χ0n) is 11.2. The smallest absolute Gasteiger partial charge is 0.222 e. The molecule has 96 valence electrons. The second kappa shape index (κ2) is 6.64. The van der Waals surface area contributed by atoms with Crippen molar-refractivity contribution in [1.29, 1.82) is 5.26 Å². The SMILES string of the molecule is CC(C)(C#N)CCCCN1CCCCCC1=O. The highest BCUT2D eigenvalue weighted by molar-refractivity contribution is 5.76. The first-order valence-corrected chi connectivity index (χ1v) is 6.74. The number of carbonyl (C=O) groups is 1. The van der Waals surface area contributed by atoms with Crippen LogP contribution in [0, 0.1) is 16.7 Å². The predicted molar refractivity (Wildman–Crippen MR) is 68.3 cm³/mol. The van der Waals surface area contributed by atoms with E-state index in [0.717, 1.165) is 51.6 Å². The Hall–Kier alpha value is -1.04. The molecule has 1 heterocycles. The second-order valence-corrected chi connectivity index (χ2v) is 5.64. The van der Waals surface area contributed by atoms with Gasteiger partial charge in [-0.15, -0.1) is 0 Å². The van der Waals surface area contributed by atoms with E-state index in [4.69, 9.17) is 5.26 Å². The minimum Gasteiger partial charge on any atom is -0.343 e. The van der Waals surface area contributed by atoms with Gasteiger partial charge in [-0.25, -0.2) is 0 Å². The van der Waals surface area contributed by atoms with Crippen LogP contribution in [-0.2, 0) is 4.79 Å². The Labute approximate surface area is 105 Å². The molecule has 3 nitrogen and oxygen atoms in total. The molecule has 1 saturated heterocycles. The molecule has 17 heavy (non-hydrogen) atoms. The van der Waals surface area contributed by atoms with E-state index < -0.39 is 0 Å². The van der Waals surface area contributed by atoms with Crippen molar-refractivity contribution < 1.29 is 4.79 Å². The fourth-order valence-corrected chi connectivity index (χ4v) is 2.20. The van der Waals surface area contributed by atoms with Crippen LogP contribution in [0.25, 0.3) is 0 Å². The van der Waals surface area contributed by atoms with Gasteiger partial charge in [0, 0.05) is 19.5 Å². The number of carbonyl (C=O) groups excluding carboxylic acids is 1. The van der Waals surface area contributed by atoms with Gasteiger partial charge in [-0.3, -0.25) is 4.79 Å². The lowest BCUT2D eigenvalue weighted by Gasteiger charge is -2.21. The van der Waals surface area contributed by atoms with E-state index in [1.807, 2.05) is 18.7 Å². The summed E-state index contributed by atoms with van der Waals surface area (Å²) in [5.41, 5.74) is -0.219.